The number of carbonyl (C=O) groups is 1. The fourth-order valence-corrected chi connectivity index (χ4v) is 1.70. The Morgan fingerprint density at radius 1 is 1.47 bits per heavy atom. The first kappa shape index (κ1) is 13.2. The molecule has 2 aromatic heterocycles. The van der Waals surface area contributed by atoms with Gasteiger partial charge >= 0.3 is 0 Å². The van der Waals surface area contributed by atoms with Crippen molar-refractivity contribution in [3.05, 3.63) is 41.5 Å². The van der Waals surface area contributed by atoms with Gasteiger partial charge in [-0.2, -0.15) is 5.10 Å². The van der Waals surface area contributed by atoms with Crippen LogP contribution in [0.2, 0.25) is 0 Å². The van der Waals surface area contributed by atoms with Crippen LogP contribution >= 0.6 is 12.2 Å². The summed E-state index contributed by atoms with van der Waals surface area (Å²) in [6.45, 7) is 1.82. The summed E-state index contributed by atoms with van der Waals surface area (Å²) in [6.07, 6.45) is 3.21. The molecule has 2 aromatic rings. The second-order valence-electron chi connectivity index (χ2n) is 4.05. The van der Waals surface area contributed by atoms with Crippen LogP contribution in [0.15, 0.2) is 24.5 Å². The van der Waals surface area contributed by atoms with E-state index in [4.69, 9.17) is 18.0 Å². The predicted octanol–water partition coefficient (Wildman–Crippen LogP) is 1.01. The highest BCUT2D eigenvalue weighted by Gasteiger charge is 2.11. The fraction of sp³-hybridized carbons (Fsp3) is 0.167. The number of carbonyl (C=O) groups excluding carboxylic acids is 1. The number of hydrogen-bond donors (Lipinski definition) is 2. The summed E-state index contributed by atoms with van der Waals surface area (Å²) < 4.78 is 1.63. The zero-order chi connectivity index (χ0) is 14.0. The molecule has 0 spiro atoms. The number of nitrogens with zero attached hydrogens (tertiary/aromatic N) is 3. The van der Waals surface area contributed by atoms with Crippen LogP contribution < -0.4 is 11.1 Å². The third-order valence-electron chi connectivity index (χ3n) is 2.54. The van der Waals surface area contributed by atoms with Crippen LogP contribution in [0.1, 0.15) is 21.7 Å². The Kier molecular flexibility index (Phi) is 3.57. The lowest BCUT2D eigenvalue weighted by Gasteiger charge is -2.03. The molecule has 3 N–H and O–H groups in total. The van der Waals surface area contributed by atoms with Crippen molar-refractivity contribution in [2.45, 2.75) is 6.92 Å². The molecule has 7 heteroatoms. The van der Waals surface area contributed by atoms with E-state index in [1.165, 1.54) is 6.20 Å². The molecule has 0 bridgehead atoms. The molecule has 0 fully saturated rings. The Bertz CT molecular complexity index is 632. The summed E-state index contributed by atoms with van der Waals surface area (Å²) in [6, 6.07) is 3.25. The maximum Gasteiger partial charge on any atom is 0.274 e. The van der Waals surface area contributed by atoms with Gasteiger partial charge in [-0.15, -0.1) is 0 Å². The fourth-order valence-electron chi connectivity index (χ4n) is 1.58. The molecule has 2 rings (SSSR count). The lowest BCUT2D eigenvalue weighted by molar-refractivity contribution is 0.102. The van der Waals surface area contributed by atoms with Crippen molar-refractivity contribution in [2.24, 2.45) is 12.8 Å². The summed E-state index contributed by atoms with van der Waals surface area (Å²) >= 11 is 4.82. The summed E-state index contributed by atoms with van der Waals surface area (Å²) in [5.41, 5.74) is 7.80. The van der Waals surface area contributed by atoms with Crippen LogP contribution in [0, 0.1) is 6.92 Å². The molecule has 0 aromatic carbocycles. The molecule has 0 radical (unpaired) electrons. The van der Waals surface area contributed by atoms with Crippen molar-refractivity contribution in [3.63, 3.8) is 0 Å². The van der Waals surface area contributed by atoms with Crippen molar-refractivity contribution in [1.29, 1.82) is 0 Å². The third-order valence-corrected chi connectivity index (χ3v) is 2.78. The Hall–Kier alpha value is -2.28. The van der Waals surface area contributed by atoms with E-state index in [2.05, 4.69) is 15.4 Å². The number of aromatic nitrogens is 3. The van der Waals surface area contributed by atoms with Gasteiger partial charge in [0, 0.05) is 25.0 Å². The normalized spacial score (nSPS) is 10.2. The first-order valence-corrected chi connectivity index (χ1v) is 5.95. The van der Waals surface area contributed by atoms with Gasteiger partial charge in [0.05, 0.1) is 11.4 Å². The monoisotopic (exact) mass is 275 g/mol. The van der Waals surface area contributed by atoms with Crippen molar-refractivity contribution in [1.82, 2.24) is 14.8 Å². The molecule has 6 nitrogen and oxygen atoms in total. The second kappa shape index (κ2) is 5.15. The number of pyridine rings is 1. The average molecular weight is 275 g/mol. The quantitative estimate of drug-likeness (QED) is 0.816. The summed E-state index contributed by atoms with van der Waals surface area (Å²) in [7, 11) is 1.79. The molecular weight excluding hydrogens is 262 g/mol. The van der Waals surface area contributed by atoms with E-state index in [1.807, 2.05) is 6.92 Å². The zero-order valence-electron chi connectivity index (χ0n) is 10.5. The number of nitrogens with two attached hydrogens (primary N) is 1. The number of rotatable bonds is 3. The molecule has 0 atom stereocenters. The second-order valence-corrected chi connectivity index (χ2v) is 4.49. The molecule has 0 saturated heterocycles. The lowest BCUT2D eigenvalue weighted by atomic mass is 10.2. The van der Waals surface area contributed by atoms with E-state index >= 15 is 0 Å². The molecule has 0 saturated carbocycles. The molecule has 98 valence electrons. The Morgan fingerprint density at radius 3 is 2.68 bits per heavy atom. The van der Waals surface area contributed by atoms with Crippen LogP contribution in [-0.4, -0.2) is 25.7 Å². The lowest BCUT2D eigenvalue weighted by Crippen LogP contribution is -2.15. The van der Waals surface area contributed by atoms with Gasteiger partial charge in [-0.3, -0.25) is 14.5 Å². The average Bonchev–Trinajstić information content (AvgIpc) is 2.68. The van der Waals surface area contributed by atoms with Crippen LogP contribution in [0.4, 0.5) is 5.69 Å². The highest BCUT2D eigenvalue weighted by Crippen LogP contribution is 2.12. The predicted molar refractivity (Wildman–Crippen MR) is 76.0 cm³/mol. The van der Waals surface area contributed by atoms with E-state index in [0.29, 0.717) is 16.9 Å². The molecule has 0 aliphatic rings. The highest BCUT2D eigenvalue weighted by atomic mass is 32.1. The SMILES string of the molecule is Cc1nn(C)cc1NC(=O)c1ccc(C(N)=S)cn1. The minimum Gasteiger partial charge on any atom is -0.389 e. The minimum atomic E-state index is -0.300. The van der Waals surface area contributed by atoms with Crippen molar-refractivity contribution in [3.8, 4) is 0 Å². The van der Waals surface area contributed by atoms with Gasteiger partial charge in [-0.05, 0) is 19.1 Å². The number of amides is 1. The molecule has 0 aliphatic carbocycles. The van der Waals surface area contributed by atoms with E-state index < -0.39 is 0 Å². The number of aryl methyl sites for hydroxylation is 2. The maximum atomic E-state index is 12.0. The largest absolute Gasteiger partial charge is 0.389 e. The molecule has 0 unspecified atom stereocenters. The summed E-state index contributed by atoms with van der Waals surface area (Å²) in [5, 5.41) is 6.89. The third kappa shape index (κ3) is 2.94. The van der Waals surface area contributed by atoms with E-state index in [0.717, 1.165) is 5.69 Å². The molecule has 1 amide bonds. The van der Waals surface area contributed by atoms with Crippen molar-refractivity contribution >= 4 is 28.8 Å². The van der Waals surface area contributed by atoms with Gasteiger partial charge in [-0.25, -0.2) is 0 Å². The van der Waals surface area contributed by atoms with Crippen LogP contribution in [-0.2, 0) is 7.05 Å². The van der Waals surface area contributed by atoms with Gasteiger partial charge in [0.15, 0.2) is 0 Å². The first-order valence-electron chi connectivity index (χ1n) is 5.55. The van der Waals surface area contributed by atoms with Gasteiger partial charge in [-0.1, -0.05) is 12.2 Å². The van der Waals surface area contributed by atoms with Crippen molar-refractivity contribution in [2.75, 3.05) is 5.32 Å². The van der Waals surface area contributed by atoms with E-state index in [9.17, 15) is 4.79 Å². The van der Waals surface area contributed by atoms with Gasteiger partial charge in [0.25, 0.3) is 5.91 Å². The maximum absolute atomic E-state index is 12.0. The van der Waals surface area contributed by atoms with Gasteiger partial charge < -0.3 is 11.1 Å². The molecule has 0 aliphatic heterocycles. The summed E-state index contributed by atoms with van der Waals surface area (Å²) in [4.78, 5) is 16.3. The smallest absolute Gasteiger partial charge is 0.274 e. The topological polar surface area (TPSA) is 85.8 Å². The van der Waals surface area contributed by atoms with E-state index in [1.54, 1.807) is 30.1 Å². The summed E-state index contributed by atoms with van der Waals surface area (Å²) in [5.74, 6) is -0.300. The van der Waals surface area contributed by atoms with Gasteiger partial charge in [0.1, 0.15) is 10.7 Å². The van der Waals surface area contributed by atoms with Crippen LogP contribution in [0.3, 0.4) is 0 Å². The molecule has 2 heterocycles. The standard InChI is InChI=1S/C12H13N5OS/c1-7-10(6-17(2)16-7)15-12(18)9-4-3-8(5-14-9)11(13)19/h3-6H,1-2H3,(H2,13,19)(H,15,18). The Balaban J connectivity index is 2.16. The van der Waals surface area contributed by atoms with Gasteiger partial charge in [0.2, 0.25) is 0 Å². The number of thiocarbonyl (C=S) groups is 1. The van der Waals surface area contributed by atoms with E-state index in [-0.39, 0.29) is 10.9 Å². The number of nitrogens with one attached hydrogen (secondary N) is 1. The van der Waals surface area contributed by atoms with Crippen LogP contribution in [0.5, 0.6) is 0 Å². The molecule has 19 heavy (non-hydrogen) atoms. The Labute approximate surface area is 115 Å². The minimum absolute atomic E-state index is 0.252. The van der Waals surface area contributed by atoms with Crippen molar-refractivity contribution < 1.29 is 4.79 Å². The highest BCUT2D eigenvalue weighted by molar-refractivity contribution is 7.80. The number of anilines is 1. The Morgan fingerprint density at radius 2 is 2.21 bits per heavy atom. The zero-order valence-corrected chi connectivity index (χ0v) is 11.4. The van der Waals surface area contributed by atoms with Crippen LogP contribution in [0.25, 0.3) is 0 Å². The number of hydrogen-bond acceptors (Lipinski definition) is 4. The molecular formula is C12H13N5OS. The first-order chi connectivity index (χ1) is 8.97.